The summed E-state index contributed by atoms with van der Waals surface area (Å²) in [4.78, 5) is 37.9. The van der Waals surface area contributed by atoms with Gasteiger partial charge in [0.2, 0.25) is 11.8 Å². The zero-order chi connectivity index (χ0) is 16.6. The zero-order valence-corrected chi connectivity index (χ0v) is 13.5. The molecule has 1 saturated carbocycles. The lowest BCUT2D eigenvalue weighted by Crippen LogP contribution is -2.37. The van der Waals surface area contributed by atoms with Crippen molar-refractivity contribution in [1.29, 1.82) is 0 Å². The van der Waals surface area contributed by atoms with Crippen molar-refractivity contribution in [2.75, 3.05) is 6.54 Å². The maximum atomic E-state index is 12.3. The van der Waals surface area contributed by atoms with Crippen molar-refractivity contribution in [2.24, 2.45) is 11.8 Å². The predicted molar refractivity (Wildman–Crippen MR) is 83.7 cm³/mol. The van der Waals surface area contributed by atoms with Gasteiger partial charge in [-0.25, -0.2) is 4.79 Å². The summed E-state index contributed by atoms with van der Waals surface area (Å²) in [5.41, 5.74) is 1.93. The molecule has 23 heavy (non-hydrogen) atoms. The van der Waals surface area contributed by atoms with Gasteiger partial charge in [0.1, 0.15) is 12.3 Å². The highest BCUT2D eigenvalue weighted by atomic mass is 16.5. The van der Waals surface area contributed by atoms with E-state index in [0.29, 0.717) is 5.75 Å². The average Bonchev–Trinajstić information content (AvgIpc) is 2.76. The van der Waals surface area contributed by atoms with E-state index >= 15 is 0 Å². The number of carbonyl (C=O) groups is 3. The largest absolute Gasteiger partial charge is 0.425 e. The number of hydrogen-bond acceptors (Lipinski definition) is 4. The lowest BCUT2D eigenvalue weighted by atomic mass is 9.81. The van der Waals surface area contributed by atoms with E-state index in [1.54, 1.807) is 6.07 Å². The molecule has 2 aliphatic rings. The van der Waals surface area contributed by atoms with Crippen molar-refractivity contribution in [2.45, 2.75) is 39.5 Å². The standard InChI is InChI=1S/C18H21NO4/c1-11-7-8-15(12(2)9-11)23-16(20)10-19-17(21)13-5-3-4-6-14(13)18(19)22/h7-9,13-14H,3-6,10H2,1-2H3. The second kappa shape index (κ2) is 6.14. The summed E-state index contributed by atoms with van der Waals surface area (Å²) in [7, 11) is 0. The summed E-state index contributed by atoms with van der Waals surface area (Å²) < 4.78 is 5.33. The number of imide groups is 1. The first-order valence-electron chi connectivity index (χ1n) is 8.10. The van der Waals surface area contributed by atoms with Crippen LogP contribution in [0.3, 0.4) is 0 Å². The molecule has 0 N–H and O–H groups in total. The Bertz CT molecular complexity index is 643. The number of esters is 1. The minimum atomic E-state index is -0.572. The Hall–Kier alpha value is -2.17. The summed E-state index contributed by atoms with van der Waals surface area (Å²) in [5.74, 6) is -0.987. The summed E-state index contributed by atoms with van der Waals surface area (Å²) in [6.07, 6.45) is 3.44. The first-order valence-corrected chi connectivity index (χ1v) is 8.10. The topological polar surface area (TPSA) is 63.7 Å². The minimum absolute atomic E-state index is 0.211. The van der Waals surface area contributed by atoms with Gasteiger partial charge < -0.3 is 4.74 Å². The van der Waals surface area contributed by atoms with Gasteiger partial charge in [0.05, 0.1) is 11.8 Å². The predicted octanol–water partition coefficient (Wildman–Crippen LogP) is 2.38. The molecule has 0 bridgehead atoms. The van der Waals surface area contributed by atoms with Crippen LogP contribution in [0.5, 0.6) is 5.75 Å². The molecule has 1 aliphatic heterocycles. The highest BCUT2D eigenvalue weighted by Crippen LogP contribution is 2.37. The smallest absolute Gasteiger partial charge is 0.331 e. The molecule has 1 aromatic rings. The molecular formula is C18H21NO4. The van der Waals surface area contributed by atoms with E-state index in [4.69, 9.17) is 4.74 Å². The van der Waals surface area contributed by atoms with Crippen LogP contribution in [-0.2, 0) is 14.4 Å². The number of likely N-dealkylation sites (tertiary alicyclic amines) is 1. The van der Waals surface area contributed by atoms with E-state index in [0.717, 1.165) is 41.7 Å². The lowest BCUT2D eigenvalue weighted by Gasteiger charge is -2.19. The summed E-state index contributed by atoms with van der Waals surface area (Å²) >= 11 is 0. The first kappa shape index (κ1) is 15.7. The first-order chi connectivity index (χ1) is 11.0. The van der Waals surface area contributed by atoms with Gasteiger partial charge in [0.25, 0.3) is 0 Å². The molecule has 0 spiro atoms. The van der Waals surface area contributed by atoms with E-state index in [9.17, 15) is 14.4 Å². The highest BCUT2D eigenvalue weighted by Gasteiger charge is 2.48. The van der Waals surface area contributed by atoms with Gasteiger partial charge in [-0.3, -0.25) is 14.5 Å². The maximum absolute atomic E-state index is 12.3. The molecule has 0 radical (unpaired) electrons. The van der Waals surface area contributed by atoms with Crippen LogP contribution in [0.15, 0.2) is 18.2 Å². The maximum Gasteiger partial charge on any atom is 0.331 e. The summed E-state index contributed by atoms with van der Waals surface area (Å²) in [6, 6.07) is 5.51. The Morgan fingerprint density at radius 1 is 1.13 bits per heavy atom. The number of nitrogens with zero attached hydrogens (tertiary/aromatic N) is 1. The van der Waals surface area contributed by atoms with Crippen LogP contribution >= 0.6 is 0 Å². The molecule has 3 rings (SSSR count). The molecule has 1 heterocycles. The van der Waals surface area contributed by atoms with Gasteiger partial charge in [-0.15, -0.1) is 0 Å². The fourth-order valence-electron chi connectivity index (χ4n) is 3.58. The van der Waals surface area contributed by atoms with Gasteiger partial charge in [0.15, 0.2) is 0 Å². The number of carbonyl (C=O) groups excluding carboxylic acids is 3. The van der Waals surface area contributed by atoms with Crippen molar-refractivity contribution < 1.29 is 19.1 Å². The molecule has 5 nitrogen and oxygen atoms in total. The van der Waals surface area contributed by atoms with Crippen molar-refractivity contribution in [3.63, 3.8) is 0 Å². The van der Waals surface area contributed by atoms with E-state index in [1.165, 1.54) is 0 Å². The number of amides is 2. The molecular weight excluding hydrogens is 294 g/mol. The van der Waals surface area contributed by atoms with Crippen LogP contribution in [0.25, 0.3) is 0 Å². The fraction of sp³-hybridized carbons (Fsp3) is 0.500. The Morgan fingerprint density at radius 3 is 2.30 bits per heavy atom. The van der Waals surface area contributed by atoms with Gasteiger partial charge in [-0.2, -0.15) is 0 Å². The van der Waals surface area contributed by atoms with Gasteiger partial charge in [-0.05, 0) is 38.3 Å². The van der Waals surface area contributed by atoms with E-state index in [1.807, 2.05) is 26.0 Å². The lowest BCUT2D eigenvalue weighted by molar-refractivity contribution is -0.148. The Morgan fingerprint density at radius 2 is 1.74 bits per heavy atom. The van der Waals surface area contributed by atoms with E-state index in [2.05, 4.69) is 0 Å². The molecule has 2 atom stereocenters. The van der Waals surface area contributed by atoms with Crippen molar-refractivity contribution in [3.8, 4) is 5.75 Å². The molecule has 1 saturated heterocycles. The van der Waals surface area contributed by atoms with Crippen molar-refractivity contribution >= 4 is 17.8 Å². The zero-order valence-electron chi connectivity index (χ0n) is 13.5. The second-order valence-electron chi connectivity index (χ2n) is 6.50. The third-order valence-corrected chi connectivity index (χ3v) is 4.77. The summed E-state index contributed by atoms with van der Waals surface area (Å²) in [5, 5.41) is 0. The summed E-state index contributed by atoms with van der Waals surface area (Å²) in [6.45, 7) is 3.52. The molecule has 122 valence electrons. The van der Waals surface area contributed by atoms with Gasteiger partial charge in [-0.1, -0.05) is 30.5 Å². The van der Waals surface area contributed by atoms with Gasteiger partial charge >= 0.3 is 5.97 Å². The molecule has 5 heteroatoms. The van der Waals surface area contributed by atoms with Crippen molar-refractivity contribution in [1.82, 2.24) is 4.90 Å². The van der Waals surface area contributed by atoms with Gasteiger partial charge in [0, 0.05) is 0 Å². The van der Waals surface area contributed by atoms with E-state index < -0.39 is 5.97 Å². The number of hydrogen-bond donors (Lipinski definition) is 0. The Kier molecular flexibility index (Phi) is 4.20. The Labute approximate surface area is 135 Å². The van der Waals surface area contributed by atoms with Crippen LogP contribution in [0.4, 0.5) is 0 Å². The Balaban J connectivity index is 1.68. The average molecular weight is 315 g/mol. The van der Waals surface area contributed by atoms with Crippen LogP contribution in [0.2, 0.25) is 0 Å². The quantitative estimate of drug-likeness (QED) is 0.488. The fourth-order valence-corrected chi connectivity index (χ4v) is 3.58. The number of fused-ring (bicyclic) bond motifs is 1. The highest BCUT2D eigenvalue weighted by molar-refractivity contribution is 6.07. The molecule has 1 aromatic carbocycles. The number of rotatable bonds is 3. The molecule has 1 aliphatic carbocycles. The third kappa shape index (κ3) is 3.00. The molecule has 2 unspecified atom stereocenters. The molecule has 0 aromatic heterocycles. The third-order valence-electron chi connectivity index (χ3n) is 4.77. The second-order valence-corrected chi connectivity index (χ2v) is 6.50. The number of benzene rings is 1. The van der Waals surface area contributed by atoms with Crippen molar-refractivity contribution in [3.05, 3.63) is 29.3 Å². The van der Waals surface area contributed by atoms with Crippen LogP contribution in [-0.4, -0.2) is 29.2 Å². The normalized spacial score (nSPS) is 23.8. The minimum Gasteiger partial charge on any atom is -0.425 e. The number of ether oxygens (including phenoxy) is 1. The van der Waals surface area contributed by atoms with Crippen LogP contribution in [0.1, 0.15) is 36.8 Å². The molecule has 2 fully saturated rings. The van der Waals surface area contributed by atoms with Crippen LogP contribution < -0.4 is 4.74 Å². The number of aryl methyl sites for hydroxylation is 2. The monoisotopic (exact) mass is 315 g/mol. The van der Waals surface area contributed by atoms with E-state index in [-0.39, 0.29) is 30.2 Å². The SMILES string of the molecule is Cc1ccc(OC(=O)CN2C(=O)C3CCCCC3C2=O)c(C)c1. The van der Waals surface area contributed by atoms with Crippen LogP contribution in [0, 0.1) is 25.7 Å². The molecule has 2 amide bonds.